The minimum Gasteiger partial charge on any atom is -0.246 e. The SMILES string of the molecule is CCCNS(=O)(=O)Nc1nc(C)cs1. The summed E-state index contributed by atoms with van der Waals surface area (Å²) in [4.78, 5) is 3.99. The van der Waals surface area contributed by atoms with Crippen LogP contribution in [-0.4, -0.2) is 19.9 Å². The molecule has 14 heavy (non-hydrogen) atoms. The summed E-state index contributed by atoms with van der Waals surface area (Å²) >= 11 is 1.27. The molecule has 0 unspecified atom stereocenters. The topological polar surface area (TPSA) is 71.1 Å². The van der Waals surface area contributed by atoms with Crippen molar-refractivity contribution in [3.05, 3.63) is 11.1 Å². The summed E-state index contributed by atoms with van der Waals surface area (Å²) in [6, 6.07) is 0. The van der Waals surface area contributed by atoms with E-state index in [1.165, 1.54) is 11.3 Å². The van der Waals surface area contributed by atoms with E-state index in [0.29, 0.717) is 11.7 Å². The quantitative estimate of drug-likeness (QED) is 0.803. The van der Waals surface area contributed by atoms with E-state index in [4.69, 9.17) is 0 Å². The Morgan fingerprint density at radius 3 is 2.79 bits per heavy atom. The Bertz CT molecular complexity index is 385. The molecule has 0 saturated carbocycles. The summed E-state index contributed by atoms with van der Waals surface area (Å²) in [6.45, 7) is 4.14. The lowest BCUT2D eigenvalue weighted by atomic mass is 10.5. The highest BCUT2D eigenvalue weighted by molar-refractivity contribution is 7.91. The highest BCUT2D eigenvalue weighted by Crippen LogP contribution is 2.15. The van der Waals surface area contributed by atoms with Gasteiger partial charge in [-0.15, -0.1) is 11.3 Å². The van der Waals surface area contributed by atoms with E-state index in [1.807, 2.05) is 13.8 Å². The molecule has 0 bridgehead atoms. The Labute approximate surface area is 87.7 Å². The standard InChI is InChI=1S/C7H13N3O2S2/c1-3-4-8-14(11,12)10-7-9-6(2)5-13-7/h5,8H,3-4H2,1-2H3,(H,9,10). The molecule has 0 radical (unpaired) electrons. The third kappa shape index (κ3) is 3.60. The molecular formula is C7H13N3O2S2. The molecule has 2 N–H and O–H groups in total. The van der Waals surface area contributed by atoms with E-state index in [2.05, 4.69) is 14.4 Å². The molecule has 0 aliphatic carbocycles. The Kier molecular flexibility index (Phi) is 3.85. The van der Waals surface area contributed by atoms with Crippen LogP contribution in [0, 0.1) is 6.92 Å². The minimum atomic E-state index is -3.44. The molecular weight excluding hydrogens is 222 g/mol. The average Bonchev–Trinajstić information content (AvgIpc) is 2.47. The summed E-state index contributed by atoms with van der Waals surface area (Å²) < 4.78 is 27.4. The molecule has 0 saturated heterocycles. The van der Waals surface area contributed by atoms with Gasteiger partial charge in [0.25, 0.3) is 0 Å². The van der Waals surface area contributed by atoms with E-state index >= 15 is 0 Å². The van der Waals surface area contributed by atoms with Crippen LogP contribution < -0.4 is 9.44 Å². The maximum atomic E-state index is 11.3. The number of nitrogens with zero attached hydrogens (tertiary/aromatic N) is 1. The normalized spacial score (nSPS) is 11.6. The highest BCUT2D eigenvalue weighted by atomic mass is 32.2. The van der Waals surface area contributed by atoms with Gasteiger partial charge >= 0.3 is 10.2 Å². The van der Waals surface area contributed by atoms with Crippen molar-refractivity contribution in [2.24, 2.45) is 0 Å². The largest absolute Gasteiger partial charge is 0.300 e. The van der Waals surface area contributed by atoms with Crippen LogP contribution in [0.5, 0.6) is 0 Å². The average molecular weight is 235 g/mol. The molecule has 0 spiro atoms. The molecule has 0 fully saturated rings. The predicted octanol–water partition coefficient (Wildman–Crippen LogP) is 1.11. The smallest absolute Gasteiger partial charge is 0.246 e. The van der Waals surface area contributed by atoms with Crippen LogP contribution in [0.1, 0.15) is 19.0 Å². The Balaban J connectivity index is 2.59. The van der Waals surface area contributed by atoms with Crippen LogP contribution in [0.4, 0.5) is 5.13 Å². The maximum Gasteiger partial charge on any atom is 0.300 e. The third-order valence-corrected chi connectivity index (χ3v) is 3.43. The lowest BCUT2D eigenvalue weighted by Crippen LogP contribution is -2.30. The van der Waals surface area contributed by atoms with Crippen LogP contribution in [-0.2, 0) is 10.2 Å². The number of nitrogens with one attached hydrogen (secondary N) is 2. The number of aromatic nitrogens is 1. The lowest BCUT2D eigenvalue weighted by Gasteiger charge is -2.04. The molecule has 5 nitrogen and oxygen atoms in total. The summed E-state index contributed by atoms with van der Waals surface area (Å²) in [5.74, 6) is 0. The maximum absolute atomic E-state index is 11.3. The van der Waals surface area contributed by atoms with E-state index in [0.717, 1.165) is 12.1 Å². The van der Waals surface area contributed by atoms with Crippen molar-refractivity contribution in [3.63, 3.8) is 0 Å². The molecule has 1 aromatic heterocycles. The van der Waals surface area contributed by atoms with Crippen LogP contribution >= 0.6 is 11.3 Å². The van der Waals surface area contributed by atoms with Gasteiger partial charge in [0.05, 0.1) is 5.69 Å². The summed E-state index contributed by atoms with van der Waals surface area (Å²) in [5.41, 5.74) is 0.809. The van der Waals surface area contributed by atoms with Gasteiger partial charge in [-0.25, -0.2) is 9.71 Å². The second-order valence-corrected chi connectivity index (χ2v) is 5.15. The second-order valence-electron chi connectivity index (χ2n) is 2.79. The highest BCUT2D eigenvalue weighted by Gasteiger charge is 2.10. The number of thiazole rings is 1. The van der Waals surface area contributed by atoms with Gasteiger partial charge in [-0.1, -0.05) is 6.92 Å². The zero-order valence-corrected chi connectivity index (χ0v) is 9.70. The first kappa shape index (κ1) is 11.4. The fourth-order valence-electron chi connectivity index (χ4n) is 0.788. The van der Waals surface area contributed by atoms with Crippen LogP contribution in [0.25, 0.3) is 0 Å². The molecule has 0 aliphatic rings. The first-order valence-corrected chi connectivity index (χ1v) is 6.59. The number of rotatable bonds is 5. The molecule has 80 valence electrons. The van der Waals surface area contributed by atoms with E-state index < -0.39 is 10.2 Å². The van der Waals surface area contributed by atoms with E-state index in [1.54, 1.807) is 5.38 Å². The molecule has 0 amide bonds. The fourth-order valence-corrected chi connectivity index (χ4v) is 2.66. The van der Waals surface area contributed by atoms with Crippen molar-refractivity contribution < 1.29 is 8.42 Å². The fraction of sp³-hybridized carbons (Fsp3) is 0.571. The number of aryl methyl sites for hydroxylation is 1. The van der Waals surface area contributed by atoms with Gasteiger partial charge in [-0.2, -0.15) is 13.1 Å². The summed E-state index contributed by atoms with van der Waals surface area (Å²) in [5, 5.41) is 2.18. The molecule has 1 rings (SSSR count). The van der Waals surface area contributed by atoms with E-state index in [-0.39, 0.29) is 0 Å². The monoisotopic (exact) mass is 235 g/mol. The Morgan fingerprint density at radius 2 is 2.29 bits per heavy atom. The van der Waals surface area contributed by atoms with Crippen molar-refractivity contribution in [2.45, 2.75) is 20.3 Å². The van der Waals surface area contributed by atoms with Crippen LogP contribution in [0.2, 0.25) is 0 Å². The van der Waals surface area contributed by atoms with Crippen molar-refractivity contribution in [2.75, 3.05) is 11.3 Å². The van der Waals surface area contributed by atoms with Crippen molar-refractivity contribution in [1.29, 1.82) is 0 Å². The summed E-state index contributed by atoms with van der Waals surface area (Å²) in [7, 11) is -3.44. The van der Waals surface area contributed by atoms with E-state index in [9.17, 15) is 8.42 Å². The predicted molar refractivity (Wildman–Crippen MR) is 57.7 cm³/mol. The van der Waals surface area contributed by atoms with Gasteiger partial charge in [-0.05, 0) is 13.3 Å². The zero-order valence-electron chi connectivity index (χ0n) is 8.07. The van der Waals surface area contributed by atoms with Crippen LogP contribution in [0.15, 0.2) is 5.38 Å². The zero-order chi connectivity index (χ0) is 10.6. The first-order chi connectivity index (χ1) is 6.53. The number of anilines is 1. The number of hydrogen-bond donors (Lipinski definition) is 2. The summed E-state index contributed by atoms with van der Waals surface area (Å²) in [6.07, 6.45) is 0.762. The lowest BCUT2D eigenvalue weighted by molar-refractivity contribution is 0.586. The molecule has 7 heteroatoms. The van der Waals surface area contributed by atoms with Gasteiger partial charge in [-0.3, -0.25) is 0 Å². The number of hydrogen-bond acceptors (Lipinski definition) is 4. The molecule has 0 aromatic carbocycles. The minimum absolute atomic E-state index is 0.395. The van der Waals surface area contributed by atoms with Gasteiger partial charge in [0.2, 0.25) is 0 Å². The molecule has 1 aromatic rings. The third-order valence-electron chi connectivity index (χ3n) is 1.38. The Hall–Kier alpha value is -0.660. The van der Waals surface area contributed by atoms with Crippen LogP contribution in [0.3, 0.4) is 0 Å². The Morgan fingerprint density at radius 1 is 1.57 bits per heavy atom. The molecule has 0 atom stereocenters. The first-order valence-electron chi connectivity index (χ1n) is 4.23. The molecule has 0 aliphatic heterocycles. The van der Waals surface area contributed by atoms with Gasteiger partial charge in [0.1, 0.15) is 0 Å². The second kappa shape index (κ2) is 4.72. The van der Waals surface area contributed by atoms with Crippen molar-refractivity contribution in [1.82, 2.24) is 9.71 Å². The van der Waals surface area contributed by atoms with Gasteiger partial charge in [0.15, 0.2) is 5.13 Å². The molecule has 1 heterocycles. The van der Waals surface area contributed by atoms with Gasteiger partial charge < -0.3 is 0 Å². The van der Waals surface area contributed by atoms with Crippen molar-refractivity contribution >= 4 is 26.7 Å². The van der Waals surface area contributed by atoms with Gasteiger partial charge in [0, 0.05) is 11.9 Å². The van der Waals surface area contributed by atoms with Crippen molar-refractivity contribution in [3.8, 4) is 0 Å².